The summed E-state index contributed by atoms with van der Waals surface area (Å²) in [6, 6.07) is 27.4. The maximum absolute atomic E-state index is 5.08. The fourth-order valence-corrected chi connectivity index (χ4v) is 15.0. The van der Waals surface area contributed by atoms with E-state index in [1.807, 2.05) is 0 Å². The summed E-state index contributed by atoms with van der Waals surface area (Å²) in [5.41, 5.74) is 8.01. The van der Waals surface area contributed by atoms with Gasteiger partial charge in [0.15, 0.2) is 0 Å². The van der Waals surface area contributed by atoms with E-state index in [4.69, 9.17) is 13.3 Å². The Kier molecular flexibility index (Phi) is 4.78. The van der Waals surface area contributed by atoms with Gasteiger partial charge in [-0.2, -0.15) is 13.3 Å². The smallest absolute Gasteiger partial charge is 0.105 e. The van der Waals surface area contributed by atoms with E-state index in [2.05, 4.69) is 100 Å². The van der Waals surface area contributed by atoms with Crippen molar-refractivity contribution in [1.29, 1.82) is 0 Å². The average Bonchev–Trinajstić information content (AvgIpc) is 3.11. The van der Waals surface area contributed by atoms with Crippen LogP contribution in [0.1, 0.15) is 72.6 Å². The maximum atomic E-state index is 5.08. The van der Waals surface area contributed by atoms with Crippen LogP contribution in [0.3, 0.4) is 0 Å². The Bertz CT molecular complexity index is 968. The van der Waals surface area contributed by atoms with Crippen LogP contribution in [0, 0.1) is 13.3 Å². The quantitative estimate of drug-likeness (QED) is 0.284. The molecule has 3 aromatic carbocycles. The first-order valence-electron chi connectivity index (χ1n) is 11.1. The van der Waals surface area contributed by atoms with E-state index in [-0.39, 0.29) is 0 Å². The first-order valence-corrected chi connectivity index (χ1v) is 15.3. The molecular weight excluding hydrogens is 398 g/mol. The number of hydrogen-bond donors (Lipinski definition) is 0. The molecule has 2 aliphatic heterocycles. The second-order valence-electron chi connectivity index (χ2n) is 9.31. The van der Waals surface area contributed by atoms with Crippen molar-refractivity contribution in [3.05, 3.63) is 108 Å². The lowest BCUT2D eigenvalue weighted by atomic mass is 10.0. The second kappa shape index (κ2) is 7.02. The van der Waals surface area contributed by atoms with Crippen LogP contribution in [0.2, 0.25) is 0 Å². The van der Waals surface area contributed by atoms with Crippen LogP contribution in [-0.2, 0) is 0 Å². The van der Waals surface area contributed by atoms with E-state index in [1.165, 1.54) is 32.9 Å². The summed E-state index contributed by atoms with van der Waals surface area (Å²) in [4.78, 5) is 0. The van der Waals surface area contributed by atoms with Crippen LogP contribution in [0.5, 0.6) is 0 Å². The molecule has 0 N–H and O–H groups in total. The maximum Gasteiger partial charge on any atom is 0.105 e. The highest BCUT2D eigenvalue weighted by Gasteiger charge is 2.55. The van der Waals surface area contributed by atoms with Gasteiger partial charge in [0.05, 0.1) is 22.6 Å². The second-order valence-corrected chi connectivity index (χ2v) is 17.1. The Labute approximate surface area is 183 Å². The number of rotatable bonds is 2. The number of fused-ring (bicyclic) bond motifs is 2. The van der Waals surface area contributed by atoms with Crippen LogP contribution in [0.25, 0.3) is 0 Å². The fraction of sp³-hybridized carbons (Fsp3) is 0.286. The third-order valence-corrected chi connectivity index (χ3v) is 17.7. The molecule has 0 saturated carbocycles. The first kappa shape index (κ1) is 20.4. The molecule has 154 valence electrons. The average molecular weight is 431 g/mol. The van der Waals surface area contributed by atoms with E-state index >= 15 is 0 Å². The van der Waals surface area contributed by atoms with Gasteiger partial charge in [0, 0.05) is 0 Å². The molecule has 0 amide bonds. The summed E-state index contributed by atoms with van der Waals surface area (Å²) < 4.78 is 0. The summed E-state index contributed by atoms with van der Waals surface area (Å²) in [5, 5.41) is 3.08. The van der Waals surface area contributed by atoms with Gasteiger partial charge < -0.3 is 0 Å². The van der Waals surface area contributed by atoms with Crippen molar-refractivity contribution in [3.8, 4) is 0 Å². The summed E-state index contributed by atoms with van der Waals surface area (Å²) in [5.74, 6) is 0. The van der Waals surface area contributed by atoms with Crippen molar-refractivity contribution in [2.24, 2.45) is 0 Å². The Hall–Kier alpha value is -1.48. The molecule has 30 heavy (non-hydrogen) atoms. The molecule has 0 bridgehead atoms. The minimum Gasteiger partial charge on any atom is -0.174 e. The van der Waals surface area contributed by atoms with Gasteiger partial charge in [-0.3, -0.25) is 0 Å². The Morgan fingerprint density at radius 3 is 0.967 bits per heavy atom. The molecule has 0 aliphatic carbocycles. The third-order valence-electron chi connectivity index (χ3n) is 8.34. The minimum atomic E-state index is -1.68. The van der Waals surface area contributed by atoms with E-state index in [0.717, 1.165) is 0 Å². The lowest BCUT2D eigenvalue weighted by Crippen LogP contribution is -2.31. The van der Waals surface area contributed by atoms with E-state index in [1.54, 1.807) is 0 Å². The molecule has 0 nitrogen and oxygen atoms in total. The van der Waals surface area contributed by atoms with E-state index in [0.29, 0.717) is 22.6 Å². The number of hydrogen-bond acceptors (Lipinski definition) is 0. The molecule has 0 unspecified atom stereocenters. The van der Waals surface area contributed by atoms with E-state index < -0.39 is 14.5 Å². The minimum absolute atomic E-state index is 0.493. The molecule has 0 spiro atoms. The van der Waals surface area contributed by atoms with Crippen LogP contribution in [0.4, 0.5) is 0 Å². The van der Waals surface area contributed by atoms with Crippen molar-refractivity contribution >= 4 is 25.1 Å². The Morgan fingerprint density at radius 1 is 0.467 bits per heavy atom. The van der Waals surface area contributed by atoms with Crippen molar-refractivity contribution in [2.45, 2.75) is 50.3 Å². The molecule has 2 heteroatoms. The lowest BCUT2D eigenvalue weighted by molar-refractivity contribution is 1.08. The zero-order chi connectivity index (χ0) is 21.3. The molecule has 2 heterocycles. The molecule has 0 fully saturated rings. The van der Waals surface area contributed by atoms with Crippen LogP contribution in [0.15, 0.2) is 72.8 Å². The monoisotopic (exact) mass is 430 g/mol. The predicted molar refractivity (Wildman–Crippen MR) is 137 cm³/mol. The van der Waals surface area contributed by atoms with Gasteiger partial charge in [-0.15, -0.1) is 0 Å². The molecule has 0 aromatic heterocycles. The van der Waals surface area contributed by atoms with Gasteiger partial charge in [0.25, 0.3) is 0 Å². The van der Waals surface area contributed by atoms with Gasteiger partial charge in [0.2, 0.25) is 0 Å². The van der Waals surface area contributed by atoms with Gasteiger partial charge >= 0.3 is 0 Å². The topological polar surface area (TPSA) is 0 Å². The van der Waals surface area contributed by atoms with Crippen molar-refractivity contribution in [3.63, 3.8) is 0 Å². The normalized spacial score (nSPS) is 28.2. The molecule has 0 saturated heterocycles. The summed E-state index contributed by atoms with van der Waals surface area (Å²) in [6.45, 7) is 19.8. The zero-order valence-corrected chi connectivity index (χ0v) is 20.3. The molecule has 4 atom stereocenters. The molecule has 3 aromatic rings. The zero-order valence-electron chi connectivity index (χ0n) is 18.5. The summed E-state index contributed by atoms with van der Waals surface area (Å²) in [7, 11) is -3.36. The van der Waals surface area contributed by atoms with Gasteiger partial charge in [0.1, 0.15) is 10.6 Å². The Balaban J connectivity index is 1.71. The van der Waals surface area contributed by atoms with Crippen LogP contribution < -0.4 is 10.6 Å². The van der Waals surface area contributed by atoms with Crippen LogP contribution in [-0.4, -0.2) is 0 Å². The highest BCUT2D eigenvalue weighted by atomic mass is 31.2. The summed E-state index contributed by atoms with van der Waals surface area (Å²) >= 11 is 0. The molecule has 5 rings (SSSR count). The van der Waals surface area contributed by atoms with Crippen molar-refractivity contribution < 1.29 is 0 Å². The Morgan fingerprint density at radius 2 is 0.700 bits per heavy atom. The fourth-order valence-electron chi connectivity index (χ4n) is 6.21. The lowest BCUT2D eigenvalue weighted by Gasteiger charge is -2.41. The van der Waals surface area contributed by atoms with Gasteiger partial charge in [-0.1, -0.05) is 75.2 Å². The third kappa shape index (κ3) is 2.48. The molecule has 2 aliphatic rings. The summed E-state index contributed by atoms with van der Waals surface area (Å²) in [6.07, 6.45) is 0. The highest BCUT2D eigenvalue weighted by molar-refractivity contribution is 7.90. The predicted octanol–water partition coefficient (Wildman–Crippen LogP) is 8.23. The van der Waals surface area contributed by atoms with Crippen molar-refractivity contribution in [2.75, 3.05) is 0 Å². The largest absolute Gasteiger partial charge is 0.174 e. The standard InChI is InChI=1S/C28H32P2/c1-19-23-13-7-8-14-24(23)20(2)29(19,5)27-17-11-12-18-28(27)30(6)21(3)25-15-9-10-16-26(25)22(30)4/h7-22H,5-6H2,1-4H3/t19-,20-,21-,22-/m1/s1. The SMILES string of the molecule is [CH2-][P+]1(c2ccccc2[P+]2([CH2-])[C@H](C)c3ccccc3[C@H]2C)[C@H](C)c2ccccc2[C@H]1C. The van der Waals surface area contributed by atoms with Gasteiger partial charge in [-0.25, -0.2) is 0 Å². The highest BCUT2D eigenvalue weighted by Crippen LogP contribution is 2.85. The number of benzene rings is 3. The molecular formula is C28H32P2. The molecule has 0 radical (unpaired) electrons. The van der Waals surface area contributed by atoms with Crippen molar-refractivity contribution in [1.82, 2.24) is 0 Å². The van der Waals surface area contributed by atoms with Crippen LogP contribution >= 0.6 is 14.5 Å². The van der Waals surface area contributed by atoms with E-state index in [9.17, 15) is 0 Å². The first-order chi connectivity index (χ1) is 14.3. The van der Waals surface area contributed by atoms with Gasteiger partial charge in [-0.05, 0) is 62.1 Å².